The highest BCUT2D eigenvalue weighted by atomic mass is 16.4. The van der Waals surface area contributed by atoms with Crippen molar-refractivity contribution in [3.8, 4) is 0 Å². The van der Waals surface area contributed by atoms with Gasteiger partial charge in [-0.25, -0.2) is 0 Å². The Kier molecular flexibility index (Phi) is 7.61. The summed E-state index contributed by atoms with van der Waals surface area (Å²) in [5.41, 5.74) is 1.31. The Bertz CT molecular complexity index is 1090. The highest BCUT2D eigenvalue weighted by Crippen LogP contribution is 2.70. The molecule has 1 saturated carbocycles. The Balaban J connectivity index is 1.98. The van der Waals surface area contributed by atoms with E-state index in [0.717, 1.165) is 24.8 Å². The van der Waals surface area contributed by atoms with Gasteiger partial charge < -0.3 is 15.3 Å². The maximum atomic E-state index is 12.9. The zero-order valence-corrected chi connectivity index (χ0v) is 23.3. The molecule has 0 bridgehead atoms. The molecule has 1 fully saturated rings. The Labute approximate surface area is 221 Å². The van der Waals surface area contributed by atoms with E-state index >= 15 is 0 Å². The molecule has 3 N–H and O–H groups in total. The Morgan fingerprint density at radius 2 is 1.76 bits per heavy atom. The lowest BCUT2D eigenvalue weighted by Crippen LogP contribution is -2.51. The van der Waals surface area contributed by atoms with E-state index in [9.17, 15) is 29.7 Å². The smallest absolute Gasteiger partial charge is 0.310 e. The molecule has 6 nitrogen and oxygen atoms in total. The summed E-state index contributed by atoms with van der Waals surface area (Å²) in [6.07, 6.45) is 8.13. The summed E-state index contributed by atoms with van der Waals surface area (Å²) in [5.74, 6) is -3.33. The number of rotatable bonds is 10. The number of hydrogen-bond donors (Lipinski definition) is 3. The molecular formula is C31H44O6. The maximum Gasteiger partial charge on any atom is 0.310 e. The van der Waals surface area contributed by atoms with Crippen LogP contribution in [0.1, 0.15) is 86.5 Å². The first-order chi connectivity index (χ1) is 16.9. The highest BCUT2D eigenvalue weighted by Gasteiger charge is 2.63. The molecule has 0 aromatic heterocycles. The summed E-state index contributed by atoms with van der Waals surface area (Å²) in [4.78, 5) is 35.8. The van der Waals surface area contributed by atoms with Crippen LogP contribution in [0.5, 0.6) is 0 Å². The second-order valence-corrected chi connectivity index (χ2v) is 12.8. The van der Waals surface area contributed by atoms with Gasteiger partial charge in [0, 0.05) is 18.4 Å². The quantitative estimate of drug-likeness (QED) is 0.240. The molecule has 7 unspecified atom stereocenters. The average Bonchev–Trinajstić information content (AvgIpc) is 3.08. The third kappa shape index (κ3) is 4.67. The normalized spacial score (nSPS) is 35.2. The van der Waals surface area contributed by atoms with E-state index in [4.69, 9.17) is 0 Å². The van der Waals surface area contributed by atoms with Crippen LogP contribution in [0.3, 0.4) is 0 Å². The fourth-order valence-electron chi connectivity index (χ4n) is 7.88. The molecule has 3 aliphatic rings. The van der Waals surface area contributed by atoms with Gasteiger partial charge in [-0.3, -0.25) is 14.4 Å². The van der Waals surface area contributed by atoms with Crippen molar-refractivity contribution < 1.29 is 29.7 Å². The van der Waals surface area contributed by atoms with Crippen LogP contribution >= 0.6 is 0 Å². The van der Waals surface area contributed by atoms with E-state index in [1.165, 1.54) is 18.1 Å². The van der Waals surface area contributed by atoms with Crippen molar-refractivity contribution in [2.24, 2.45) is 34.0 Å². The molecule has 0 radical (unpaired) electrons. The van der Waals surface area contributed by atoms with Gasteiger partial charge in [-0.05, 0) is 92.1 Å². The van der Waals surface area contributed by atoms with Crippen LogP contribution in [0.15, 0.2) is 47.6 Å². The fourth-order valence-corrected chi connectivity index (χ4v) is 7.88. The van der Waals surface area contributed by atoms with Gasteiger partial charge in [0.05, 0.1) is 11.5 Å². The van der Waals surface area contributed by atoms with Crippen molar-refractivity contribution in [3.05, 3.63) is 47.6 Å². The molecule has 0 aromatic carbocycles. The number of ketones is 1. The van der Waals surface area contributed by atoms with Crippen LogP contribution in [0.2, 0.25) is 0 Å². The van der Waals surface area contributed by atoms with Crippen molar-refractivity contribution in [3.63, 3.8) is 0 Å². The predicted octanol–water partition coefficient (Wildman–Crippen LogP) is 6.12. The molecule has 0 aromatic rings. The Morgan fingerprint density at radius 1 is 1.14 bits per heavy atom. The lowest BCUT2D eigenvalue weighted by molar-refractivity contribution is -0.141. The SMILES string of the molecule is C=C(C(=O)CC(C)(O)C1CCC2(C)C3=CCC(C(=C)C)C(C)(CCC(=O)O)C3=CCC12C)C(C)C(=O)O. The van der Waals surface area contributed by atoms with Crippen LogP contribution in [0.4, 0.5) is 0 Å². The topological polar surface area (TPSA) is 112 Å². The molecule has 3 aliphatic carbocycles. The number of carboxylic acid groups (broad SMARTS) is 2. The van der Waals surface area contributed by atoms with Crippen LogP contribution in [0.25, 0.3) is 0 Å². The number of aliphatic carboxylic acids is 2. The van der Waals surface area contributed by atoms with E-state index in [1.54, 1.807) is 6.92 Å². The average molecular weight is 513 g/mol. The van der Waals surface area contributed by atoms with E-state index in [2.05, 4.69) is 46.1 Å². The number of carbonyl (C=O) groups is 3. The molecular weight excluding hydrogens is 468 g/mol. The second-order valence-electron chi connectivity index (χ2n) is 12.8. The maximum absolute atomic E-state index is 12.9. The first kappa shape index (κ1) is 29.1. The summed E-state index contributed by atoms with van der Waals surface area (Å²) in [6, 6.07) is 0. The second kappa shape index (κ2) is 9.68. The van der Waals surface area contributed by atoms with Crippen molar-refractivity contribution in [1.82, 2.24) is 0 Å². The number of allylic oxidation sites excluding steroid dienone is 5. The van der Waals surface area contributed by atoms with Gasteiger partial charge >= 0.3 is 11.9 Å². The van der Waals surface area contributed by atoms with Crippen molar-refractivity contribution in [2.45, 2.75) is 92.1 Å². The Hall–Kier alpha value is -2.47. The fraction of sp³-hybridized carbons (Fsp3) is 0.645. The van der Waals surface area contributed by atoms with Gasteiger partial charge in [-0.1, -0.05) is 51.7 Å². The zero-order valence-electron chi connectivity index (χ0n) is 23.3. The first-order valence-corrected chi connectivity index (χ1v) is 13.4. The number of Topliss-reactive ketones (excluding diaryl/α,β-unsaturated/α-hetero) is 1. The summed E-state index contributed by atoms with van der Waals surface area (Å²) in [7, 11) is 0. The van der Waals surface area contributed by atoms with Gasteiger partial charge in [0.2, 0.25) is 0 Å². The summed E-state index contributed by atoms with van der Waals surface area (Å²) in [6.45, 7) is 19.7. The molecule has 7 atom stereocenters. The zero-order chi connectivity index (χ0) is 28.1. The molecule has 37 heavy (non-hydrogen) atoms. The van der Waals surface area contributed by atoms with Gasteiger partial charge in [0.1, 0.15) is 0 Å². The number of carbonyl (C=O) groups excluding carboxylic acids is 1. The lowest BCUT2D eigenvalue weighted by atomic mass is 9.47. The number of fused-ring (bicyclic) bond motifs is 3. The van der Waals surface area contributed by atoms with Crippen molar-refractivity contribution in [1.29, 1.82) is 0 Å². The first-order valence-electron chi connectivity index (χ1n) is 13.4. The largest absolute Gasteiger partial charge is 0.481 e. The predicted molar refractivity (Wildman–Crippen MR) is 144 cm³/mol. The van der Waals surface area contributed by atoms with Crippen LogP contribution in [0, 0.1) is 34.0 Å². The van der Waals surface area contributed by atoms with E-state index < -0.39 is 29.2 Å². The van der Waals surface area contributed by atoms with Crippen molar-refractivity contribution in [2.75, 3.05) is 0 Å². The molecule has 3 rings (SSSR count). The summed E-state index contributed by atoms with van der Waals surface area (Å²) in [5, 5.41) is 30.5. The van der Waals surface area contributed by atoms with Gasteiger partial charge in [-0.15, -0.1) is 0 Å². The third-order valence-electron chi connectivity index (χ3n) is 10.5. The number of aliphatic hydroxyl groups is 1. The number of carboxylic acids is 2. The van der Waals surface area contributed by atoms with Gasteiger partial charge in [-0.2, -0.15) is 0 Å². The Morgan fingerprint density at radius 3 is 2.30 bits per heavy atom. The minimum Gasteiger partial charge on any atom is -0.481 e. The van der Waals surface area contributed by atoms with Gasteiger partial charge in [0.25, 0.3) is 0 Å². The highest BCUT2D eigenvalue weighted by molar-refractivity contribution is 6.00. The van der Waals surface area contributed by atoms with E-state index in [1.807, 2.05) is 6.92 Å². The molecule has 0 saturated heterocycles. The van der Waals surface area contributed by atoms with Crippen LogP contribution in [-0.2, 0) is 14.4 Å². The monoisotopic (exact) mass is 512 g/mol. The molecule has 0 heterocycles. The van der Waals surface area contributed by atoms with Crippen molar-refractivity contribution >= 4 is 17.7 Å². The lowest BCUT2D eigenvalue weighted by Gasteiger charge is -2.57. The molecule has 0 spiro atoms. The van der Waals surface area contributed by atoms with Crippen LogP contribution in [-0.4, -0.2) is 38.6 Å². The van der Waals surface area contributed by atoms with Crippen LogP contribution < -0.4 is 0 Å². The molecule has 0 aliphatic heterocycles. The molecule has 204 valence electrons. The van der Waals surface area contributed by atoms with E-state index in [0.29, 0.717) is 12.8 Å². The minimum absolute atomic E-state index is 0.0135. The summed E-state index contributed by atoms with van der Waals surface area (Å²) >= 11 is 0. The van der Waals surface area contributed by atoms with Gasteiger partial charge in [0.15, 0.2) is 5.78 Å². The number of hydrogen-bond acceptors (Lipinski definition) is 4. The minimum atomic E-state index is -1.32. The standard InChI is InChI=1S/C31H44O6/c1-18(2)21-9-10-23-22(28(21,5)14-13-26(33)34)11-15-30(7)25(12-16-29(23,30)6)31(8,37)17-24(32)19(3)20(4)27(35)36/h10-11,20-21,25,37H,1,3,9,12-17H2,2,4-8H3,(H,33,34)(H,35,36). The molecule has 0 amide bonds. The van der Waals surface area contributed by atoms with E-state index in [-0.39, 0.29) is 46.5 Å². The molecule has 6 heteroatoms. The third-order valence-corrected chi connectivity index (χ3v) is 10.5. The summed E-state index contributed by atoms with van der Waals surface area (Å²) < 4.78 is 0.